The van der Waals surface area contributed by atoms with Gasteiger partial charge in [0.15, 0.2) is 0 Å². The number of amides is 1. The van der Waals surface area contributed by atoms with Crippen molar-refractivity contribution in [3.63, 3.8) is 0 Å². The van der Waals surface area contributed by atoms with E-state index in [-0.39, 0.29) is 10.8 Å². The molecule has 3 aromatic rings. The Morgan fingerprint density at radius 2 is 1.56 bits per heavy atom. The number of nitrogens with zero attached hydrogens (tertiary/aromatic N) is 4. The van der Waals surface area contributed by atoms with Crippen LogP contribution >= 0.6 is 0 Å². The van der Waals surface area contributed by atoms with E-state index in [0.29, 0.717) is 17.1 Å². The molecule has 0 aliphatic heterocycles. The Balaban J connectivity index is 1.78. The summed E-state index contributed by atoms with van der Waals surface area (Å²) in [7, 11) is -2.33. The standard InChI is InChI=1S/C16H16N6O4S/c1-11(23)17-12-5-9-15(10-6-12)27(25,26)18-13-3-7-14(8-4-13)22-16(24)21(2)19-20-22/h3-10,18H,1-2H3,(H,17,23). The Bertz CT molecular complexity index is 1130. The molecule has 10 nitrogen and oxygen atoms in total. The van der Waals surface area contributed by atoms with E-state index in [9.17, 15) is 18.0 Å². The van der Waals surface area contributed by atoms with Crippen LogP contribution in [0.25, 0.3) is 5.69 Å². The number of carbonyl (C=O) groups excluding carboxylic acids is 1. The van der Waals surface area contributed by atoms with Crippen molar-refractivity contribution in [2.24, 2.45) is 7.05 Å². The third-order valence-electron chi connectivity index (χ3n) is 3.57. The topological polar surface area (TPSA) is 128 Å². The SMILES string of the molecule is CC(=O)Nc1ccc(S(=O)(=O)Nc2ccc(-n3nnn(C)c3=O)cc2)cc1. The summed E-state index contributed by atoms with van der Waals surface area (Å²) in [4.78, 5) is 22.9. The average Bonchev–Trinajstić information content (AvgIpc) is 2.94. The summed E-state index contributed by atoms with van der Waals surface area (Å²) in [5.74, 6) is -0.244. The van der Waals surface area contributed by atoms with Gasteiger partial charge in [-0.25, -0.2) is 13.2 Å². The van der Waals surface area contributed by atoms with E-state index in [1.807, 2.05) is 0 Å². The number of sulfonamides is 1. The molecule has 0 unspecified atom stereocenters. The summed E-state index contributed by atoms with van der Waals surface area (Å²) < 4.78 is 29.6. The van der Waals surface area contributed by atoms with Crippen LogP contribution in [0.3, 0.4) is 0 Å². The van der Waals surface area contributed by atoms with Crippen LogP contribution < -0.4 is 15.7 Å². The van der Waals surface area contributed by atoms with Gasteiger partial charge in [0.25, 0.3) is 10.0 Å². The number of anilines is 2. The van der Waals surface area contributed by atoms with E-state index in [2.05, 4.69) is 20.5 Å². The zero-order chi connectivity index (χ0) is 19.6. The van der Waals surface area contributed by atoms with Crippen molar-refractivity contribution in [1.82, 2.24) is 19.8 Å². The van der Waals surface area contributed by atoms with Crippen LogP contribution in [0.5, 0.6) is 0 Å². The molecule has 0 aliphatic carbocycles. The van der Waals surface area contributed by atoms with E-state index < -0.39 is 15.7 Å². The highest BCUT2D eigenvalue weighted by molar-refractivity contribution is 7.92. The van der Waals surface area contributed by atoms with Crippen LogP contribution in [-0.4, -0.2) is 34.1 Å². The quantitative estimate of drug-likeness (QED) is 0.663. The normalized spacial score (nSPS) is 11.2. The maximum Gasteiger partial charge on any atom is 0.368 e. The number of aryl methyl sites for hydroxylation is 1. The minimum absolute atomic E-state index is 0.0471. The molecule has 2 aromatic carbocycles. The average molecular weight is 388 g/mol. The lowest BCUT2D eigenvalue weighted by Crippen LogP contribution is -2.21. The monoisotopic (exact) mass is 388 g/mol. The molecule has 1 amide bonds. The van der Waals surface area contributed by atoms with Crippen molar-refractivity contribution in [1.29, 1.82) is 0 Å². The maximum atomic E-state index is 12.5. The molecule has 11 heteroatoms. The first kappa shape index (κ1) is 18.3. The number of nitrogens with one attached hydrogen (secondary N) is 2. The van der Waals surface area contributed by atoms with Crippen LogP contribution in [0.2, 0.25) is 0 Å². The highest BCUT2D eigenvalue weighted by Gasteiger charge is 2.14. The van der Waals surface area contributed by atoms with Crippen LogP contribution in [0, 0.1) is 0 Å². The molecule has 0 bridgehead atoms. The third-order valence-corrected chi connectivity index (χ3v) is 4.97. The molecule has 3 rings (SSSR count). The Morgan fingerprint density at radius 3 is 2.07 bits per heavy atom. The summed E-state index contributed by atoms with van der Waals surface area (Å²) in [6, 6.07) is 11.9. The van der Waals surface area contributed by atoms with Crippen molar-refractivity contribution < 1.29 is 13.2 Å². The van der Waals surface area contributed by atoms with Gasteiger partial charge < -0.3 is 5.32 Å². The van der Waals surface area contributed by atoms with Crippen molar-refractivity contribution in [2.75, 3.05) is 10.0 Å². The number of hydrogen-bond acceptors (Lipinski definition) is 6. The third kappa shape index (κ3) is 4.03. The van der Waals surface area contributed by atoms with Crippen molar-refractivity contribution >= 4 is 27.3 Å². The largest absolute Gasteiger partial charge is 0.368 e. The first-order valence-corrected chi connectivity index (χ1v) is 9.24. The van der Waals surface area contributed by atoms with Gasteiger partial charge in [0.1, 0.15) is 0 Å². The number of tetrazole rings is 1. The molecule has 0 fully saturated rings. The Kier molecular flexibility index (Phi) is 4.77. The molecule has 0 aliphatic rings. The molecule has 0 atom stereocenters. The summed E-state index contributed by atoms with van der Waals surface area (Å²) in [6.45, 7) is 1.37. The summed E-state index contributed by atoms with van der Waals surface area (Å²) in [6.07, 6.45) is 0. The van der Waals surface area contributed by atoms with E-state index in [1.54, 1.807) is 12.1 Å². The molecule has 1 heterocycles. The molecule has 0 saturated carbocycles. The highest BCUT2D eigenvalue weighted by Crippen LogP contribution is 2.19. The van der Waals surface area contributed by atoms with E-state index in [4.69, 9.17) is 0 Å². The number of benzene rings is 2. The lowest BCUT2D eigenvalue weighted by atomic mass is 10.3. The fourth-order valence-corrected chi connectivity index (χ4v) is 3.34. The molecule has 0 spiro atoms. The van der Waals surface area contributed by atoms with Crippen molar-refractivity contribution in [2.45, 2.75) is 11.8 Å². The summed E-state index contributed by atoms with van der Waals surface area (Å²) >= 11 is 0. The first-order chi connectivity index (χ1) is 12.8. The van der Waals surface area contributed by atoms with Gasteiger partial charge in [0.2, 0.25) is 5.91 Å². The van der Waals surface area contributed by atoms with Gasteiger partial charge in [-0.05, 0) is 59.0 Å². The second-order valence-corrected chi connectivity index (χ2v) is 7.34. The number of rotatable bonds is 5. The van der Waals surface area contributed by atoms with Gasteiger partial charge in [-0.15, -0.1) is 0 Å². The second-order valence-electron chi connectivity index (χ2n) is 5.65. The molecule has 2 N–H and O–H groups in total. The smallest absolute Gasteiger partial charge is 0.326 e. The molecule has 140 valence electrons. The minimum atomic E-state index is -3.80. The predicted octanol–water partition coefficient (Wildman–Crippen LogP) is 0.725. The molecule has 27 heavy (non-hydrogen) atoms. The number of aromatic nitrogens is 4. The lowest BCUT2D eigenvalue weighted by molar-refractivity contribution is -0.114. The molecule has 1 aromatic heterocycles. The fourth-order valence-electron chi connectivity index (χ4n) is 2.28. The Hall–Kier alpha value is -3.47. The fraction of sp³-hybridized carbons (Fsp3) is 0.125. The molecular formula is C16H16N6O4S. The number of hydrogen-bond donors (Lipinski definition) is 2. The molecule has 0 radical (unpaired) electrons. The predicted molar refractivity (Wildman–Crippen MR) is 98.2 cm³/mol. The second kappa shape index (κ2) is 7.03. The lowest BCUT2D eigenvalue weighted by Gasteiger charge is -2.09. The zero-order valence-electron chi connectivity index (χ0n) is 14.4. The van der Waals surface area contributed by atoms with Gasteiger partial charge in [-0.2, -0.15) is 9.36 Å². The van der Waals surface area contributed by atoms with Gasteiger partial charge >= 0.3 is 5.69 Å². The van der Waals surface area contributed by atoms with Crippen LogP contribution in [0.1, 0.15) is 6.92 Å². The Labute approximate surface area is 154 Å². The number of carbonyl (C=O) groups is 1. The van der Waals surface area contributed by atoms with Crippen LogP contribution in [0.15, 0.2) is 58.2 Å². The van der Waals surface area contributed by atoms with Crippen LogP contribution in [0.4, 0.5) is 11.4 Å². The van der Waals surface area contributed by atoms with Gasteiger partial charge in [0.05, 0.1) is 10.6 Å². The minimum Gasteiger partial charge on any atom is -0.326 e. The van der Waals surface area contributed by atoms with E-state index in [0.717, 1.165) is 9.36 Å². The van der Waals surface area contributed by atoms with Crippen LogP contribution in [-0.2, 0) is 21.9 Å². The van der Waals surface area contributed by atoms with Gasteiger partial charge in [-0.1, -0.05) is 0 Å². The van der Waals surface area contributed by atoms with E-state index >= 15 is 0 Å². The molecule has 0 saturated heterocycles. The Morgan fingerprint density at radius 1 is 0.963 bits per heavy atom. The maximum absolute atomic E-state index is 12.5. The van der Waals surface area contributed by atoms with Crippen molar-refractivity contribution in [3.8, 4) is 5.69 Å². The zero-order valence-corrected chi connectivity index (χ0v) is 15.3. The van der Waals surface area contributed by atoms with E-state index in [1.165, 1.54) is 50.4 Å². The van der Waals surface area contributed by atoms with Gasteiger partial charge in [-0.3, -0.25) is 9.52 Å². The van der Waals surface area contributed by atoms with Gasteiger partial charge in [0, 0.05) is 25.3 Å². The first-order valence-electron chi connectivity index (χ1n) is 7.76. The molecular weight excluding hydrogens is 372 g/mol. The highest BCUT2D eigenvalue weighted by atomic mass is 32.2. The van der Waals surface area contributed by atoms with Crippen molar-refractivity contribution in [3.05, 3.63) is 59.0 Å². The summed E-state index contributed by atoms with van der Waals surface area (Å²) in [5, 5.41) is 9.90. The summed E-state index contributed by atoms with van der Waals surface area (Å²) in [5.41, 5.74) is 0.861.